The van der Waals surface area contributed by atoms with Crippen molar-refractivity contribution < 1.29 is 14.3 Å². The van der Waals surface area contributed by atoms with Crippen LogP contribution in [-0.2, 0) is 4.79 Å². The Bertz CT molecular complexity index is 501. The maximum Gasteiger partial charge on any atom is 0.321 e. The van der Waals surface area contributed by atoms with Crippen molar-refractivity contribution in [2.75, 3.05) is 6.61 Å². The zero-order chi connectivity index (χ0) is 13.8. The first-order chi connectivity index (χ1) is 9.04. The van der Waals surface area contributed by atoms with E-state index in [-0.39, 0.29) is 12.6 Å². The average molecular weight is 283 g/mol. The molecule has 0 saturated heterocycles. The highest BCUT2D eigenvalue weighted by Crippen LogP contribution is 2.21. The van der Waals surface area contributed by atoms with Gasteiger partial charge in [0, 0.05) is 11.1 Å². The van der Waals surface area contributed by atoms with Gasteiger partial charge in [-0.05, 0) is 43.5 Å². The molecular weight excluding hydrogens is 268 g/mol. The van der Waals surface area contributed by atoms with Gasteiger partial charge in [-0.15, -0.1) is 0 Å². The summed E-state index contributed by atoms with van der Waals surface area (Å²) in [6.07, 6.45) is 1.95. The first-order valence-corrected chi connectivity index (χ1v) is 6.41. The third-order valence-electron chi connectivity index (χ3n) is 2.66. The Balaban J connectivity index is 1.77. The average Bonchev–Trinajstić information content (AvgIpc) is 3.11. The van der Waals surface area contributed by atoms with E-state index in [0.29, 0.717) is 10.8 Å². The Kier molecular flexibility index (Phi) is 4.27. The Morgan fingerprint density at radius 1 is 1.42 bits per heavy atom. The molecular formula is C13H15ClN2O3. The summed E-state index contributed by atoms with van der Waals surface area (Å²) in [5, 5.41) is 5.48. The molecule has 0 aliphatic heterocycles. The topological polar surface area (TPSA) is 67.4 Å². The fourth-order valence-corrected chi connectivity index (χ4v) is 1.76. The van der Waals surface area contributed by atoms with Gasteiger partial charge in [0.1, 0.15) is 5.75 Å². The van der Waals surface area contributed by atoms with E-state index < -0.39 is 11.9 Å². The molecule has 1 aliphatic rings. The first kappa shape index (κ1) is 13.7. The van der Waals surface area contributed by atoms with Crippen molar-refractivity contribution in [2.45, 2.75) is 25.8 Å². The fraction of sp³-hybridized carbons (Fsp3) is 0.385. The first-order valence-electron chi connectivity index (χ1n) is 6.04. The second-order valence-corrected chi connectivity index (χ2v) is 4.93. The smallest absolute Gasteiger partial charge is 0.321 e. The van der Waals surface area contributed by atoms with E-state index in [1.54, 1.807) is 18.2 Å². The molecule has 102 valence electrons. The van der Waals surface area contributed by atoms with Crippen molar-refractivity contribution in [1.29, 1.82) is 0 Å². The minimum atomic E-state index is -0.479. The summed E-state index contributed by atoms with van der Waals surface area (Å²) >= 11 is 5.82. The normalized spacial score (nSPS) is 13.8. The van der Waals surface area contributed by atoms with Crippen molar-refractivity contribution in [3.05, 3.63) is 28.8 Å². The molecule has 6 heteroatoms. The number of halogens is 1. The minimum Gasteiger partial charge on any atom is -0.483 e. The Labute approximate surface area is 116 Å². The van der Waals surface area contributed by atoms with Gasteiger partial charge in [0.2, 0.25) is 0 Å². The van der Waals surface area contributed by atoms with Crippen LogP contribution in [0.4, 0.5) is 4.79 Å². The quantitative estimate of drug-likeness (QED) is 0.888. The maximum atomic E-state index is 11.5. The summed E-state index contributed by atoms with van der Waals surface area (Å²) < 4.78 is 5.32. The van der Waals surface area contributed by atoms with Gasteiger partial charge in [-0.1, -0.05) is 11.6 Å². The van der Waals surface area contributed by atoms with Gasteiger partial charge in [0.25, 0.3) is 5.91 Å². The van der Waals surface area contributed by atoms with Crippen LogP contribution in [0, 0.1) is 6.92 Å². The van der Waals surface area contributed by atoms with Crippen LogP contribution < -0.4 is 15.4 Å². The Morgan fingerprint density at radius 2 is 2.16 bits per heavy atom. The number of rotatable bonds is 4. The summed E-state index contributed by atoms with van der Waals surface area (Å²) in [5.41, 5.74) is 0.836. The molecule has 0 aromatic heterocycles. The predicted octanol–water partition coefficient (Wildman–Crippen LogP) is 2.02. The van der Waals surface area contributed by atoms with E-state index in [0.717, 1.165) is 18.4 Å². The van der Waals surface area contributed by atoms with Crippen LogP contribution in [0.5, 0.6) is 5.75 Å². The van der Waals surface area contributed by atoms with Crippen LogP contribution in [0.15, 0.2) is 18.2 Å². The number of hydrogen-bond acceptors (Lipinski definition) is 3. The number of carbonyl (C=O) groups excluding carboxylic acids is 2. The van der Waals surface area contributed by atoms with Crippen LogP contribution in [0.3, 0.4) is 0 Å². The van der Waals surface area contributed by atoms with E-state index in [9.17, 15) is 9.59 Å². The summed E-state index contributed by atoms with van der Waals surface area (Å²) in [7, 11) is 0. The molecule has 19 heavy (non-hydrogen) atoms. The highest BCUT2D eigenvalue weighted by atomic mass is 35.5. The number of imide groups is 1. The van der Waals surface area contributed by atoms with Gasteiger partial charge < -0.3 is 10.1 Å². The van der Waals surface area contributed by atoms with Gasteiger partial charge in [-0.2, -0.15) is 0 Å². The molecule has 2 N–H and O–H groups in total. The van der Waals surface area contributed by atoms with Gasteiger partial charge in [0.15, 0.2) is 6.61 Å². The second kappa shape index (κ2) is 5.93. The van der Waals surface area contributed by atoms with Gasteiger partial charge in [-0.25, -0.2) is 4.79 Å². The third kappa shape index (κ3) is 4.44. The summed E-state index contributed by atoms with van der Waals surface area (Å²) in [6, 6.07) is 4.86. The largest absolute Gasteiger partial charge is 0.483 e. The number of nitrogens with one attached hydrogen (secondary N) is 2. The molecule has 1 saturated carbocycles. The van der Waals surface area contributed by atoms with E-state index in [1.165, 1.54) is 0 Å². The molecule has 1 aliphatic carbocycles. The molecule has 0 unspecified atom stereocenters. The lowest BCUT2D eigenvalue weighted by molar-refractivity contribution is -0.122. The number of aryl methyl sites for hydroxylation is 1. The standard InChI is InChI=1S/C13H15ClN2O3/c1-8-6-9(14)2-5-11(8)19-7-12(17)16-13(18)15-10-3-4-10/h2,5-6,10H,3-4,7H2,1H3,(H2,15,16,17,18). The van der Waals surface area contributed by atoms with Crippen LogP contribution in [0.1, 0.15) is 18.4 Å². The van der Waals surface area contributed by atoms with Crippen LogP contribution >= 0.6 is 11.6 Å². The molecule has 2 rings (SSSR count). The summed E-state index contributed by atoms with van der Waals surface area (Å²) in [6.45, 7) is 1.62. The van der Waals surface area contributed by atoms with Crippen molar-refractivity contribution in [2.24, 2.45) is 0 Å². The molecule has 1 aromatic carbocycles. The molecule has 0 spiro atoms. The third-order valence-corrected chi connectivity index (χ3v) is 2.90. The summed E-state index contributed by atoms with van der Waals surface area (Å²) in [4.78, 5) is 22.8. The monoisotopic (exact) mass is 282 g/mol. The number of ether oxygens (including phenoxy) is 1. The molecule has 1 aromatic rings. The number of hydrogen-bond donors (Lipinski definition) is 2. The highest BCUT2D eigenvalue weighted by Gasteiger charge is 2.23. The minimum absolute atomic E-state index is 0.208. The number of benzene rings is 1. The lowest BCUT2D eigenvalue weighted by Gasteiger charge is -2.09. The summed E-state index contributed by atoms with van der Waals surface area (Å²) in [5.74, 6) is 0.0923. The zero-order valence-corrected chi connectivity index (χ0v) is 11.3. The van der Waals surface area contributed by atoms with Crippen LogP contribution in [-0.4, -0.2) is 24.6 Å². The number of urea groups is 1. The molecule has 5 nitrogen and oxygen atoms in total. The second-order valence-electron chi connectivity index (χ2n) is 4.49. The maximum absolute atomic E-state index is 11.5. The lowest BCUT2D eigenvalue weighted by atomic mass is 10.2. The number of amides is 3. The van der Waals surface area contributed by atoms with E-state index in [2.05, 4.69) is 10.6 Å². The number of carbonyl (C=O) groups is 2. The van der Waals surface area contributed by atoms with Crippen molar-refractivity contribution in [3.63, 3.8) is 0 Å². The van der Waals surface area contributed by atoms with E-state index in [1.807, 2.05) is 6.92 Å². The van der Waals surface area contributed by atoms with E-state index >= 15 is 0 Å². The molecule has 1 fully saturated rings. The van der Waals surface area contributed by atoms with Crippen molar-refractivity contribution in [3.8, 4) is 5.75 Å². The molecule has 0 atom stereocenters. The molecule has 0 radical (unpaired) electrons. The van der Waals surface area contributed by atoms with E-state index in [4.69, 9.17) is 16.3 Å². The Morgan fingerprint density at radius 3 is 2.79 bits per heavy atom. The lowest BCUT2D eigenvalue weighted by Crippen LogP contribution is -2.42. The van der Waals surface area contributed by atoms with Crippen LogP contribution in [0.25, 0.3) is 0 Å². The SMILES string of the molecule is Cc1cc(Cl)ccc1OCC(=O)NC(=O)NC1CC1. The van der Waals surface area contributed by atoms with Gasteiger partial charge >= 0.3 is 6.03 Å². The van der Waals surface area contributed by atoms with Crippen molar-refractivity contribution >= 4 is 23.5 Å². The highest BCUT2D eigenvalue weighted by molar-refractivity contribution is 6.30. The molecule has 0 heterocycles. The molecule has 0 bridgehead atoms. The van der Waals surface area contributed by atoms with Crippen LogP contribution in [0.2, 0.25) is 5.02 Å². The van der Waals surface area contributed by atoms with Gasteiger partial charge in [-0.3, -0.25) is 10.1 Å². The zero-order valence-electron chi connectivity index (χ0n) is 10.5. The predicted molar refractivity (Wildman–Crippen MR) is 71.4 cm³/mol. The molecule has 3 amide bonds. The Hall–Kier alpha value is -1.75. The van der Waals surface area contributed by atoms with Crippen molar-refractivity contribution in [1.82, 2.24) is 10.6 Å². The fourth-order valence-electron chi connectivity index (χ4n) is 1.53. The van der Waals surface area contributed by atoms with Gasteiger partial charge in [0.05, 0.1) is 0 Å².